The van der Waals surface area contributed by atoms with Crippen molar-refractivity contribution >= 4 is 16.8 Å². The van der Waals surface area contributed by atoms with E-state index in [1.807, 2.05) is 28.8 Å². The molecule has 1 aliphatic carbocycles. The van der Waals surface area contributed by atoms with Crippen molar-refractivity contribution in [2.75, 3.05) is 0 Å². The van der Waals surface area contributed by atoms with Gasteiger partial charge >= 0.3 is 0 Å². The number of ketones is 1. The van der Waals surface area contributed by atoms with Crippen molar-refractivity contribution in [1.29, 1.82) is 0 Å². The van der Waals surface area contributed by atoms with Crippen LogP contribution in [0.1, 0.15) is 94.1 Å². The highest BCUT2D eigenvalue weighted by molar-refractivity contribution is 5.93. The largest absolute Gasteiger partial charge is 0.302 e. The van der Waals surface area contributed by atoms with E-state index < -0.39 is 0 Å². The fraction of sp³-hybridized carbons (Fsp3) is 0.640. The van der Waals surface area contributed by atoms with Gasteiger partial charge in [0.2, 0.25) is 0 Å². The minimum absolute atomic E-state index is 0.0866. The van der Waals surface area contributed by atoms with Gasteiger partial charge in [0.05, 0.1) is 11.0 Å². The summed E-state index contributed by atoms with van der Waals surface area (Å²) in [5, 5.41) is 0. The van der Waals surface area contributed by atoms with Gasteiger partial charge in [-0.15, -0.1) is 0 Å². The van der Waals surface area contributed by atoms with Crippen LogP contribution in [0.4, 0.5) is 0 Å². The third-order valence-corrected chi connectivity index (χ3v) is 7.75. The van der Waals surface area contributed by atoms with Crippen LogP contribution in [0.2, 0.25) is 0 Å². The Labute approximate surface area is 178 Å². The zero-order valence-electron chi connectivity index (χ0n) is 18.1. The molecule has 1 saturated carbocycles. The molecule has 0 amide bonds. The van der Waals surface area contributed by atoms with E-state index in [0.717, 1.165) is 29.9 Å². The number of Topliss-reactive ketones (excluding diaryl/α,β-unsaturated/α-hetero) is 1. The van der Waals surface area contributed by atoms with Crippen molar-refractivity contribution in [3.63, 3.8) is 0 Å². The Morgan fingerprint density at radius 1 is 0.867 bits per heavy atom. The molecule has 2 aromatic rings. The lowest BCUT2D eigenvalue weighted by atomic mass is 9.89. The summed E-state index contributed by atoms with van der Waals surface area (Å²) in [7, 11) is 0. The molecule has 3 atom stereocenters. The Hall–Kier alpha value is -2.01. The first-order valence-electron chi connectivity index (χ1n) is 11.9. The number of rotatable bonds is 3. The first kappa shape index (κ1) is 19.9. The lowest BCUT2D eigenvalue weighted by Crippen LogP contribution is -2.50. The van der Waals surface area contributed by atoms with E-state index in [-0.39, 0.29) is 23.1 Å². The number of hydrogen-bond donors (Lipinski definition) is 0. The fourth-order valence-electron chi connectivity index (χ4n) is 6.47. The number of aromatic nitrogens is 2. The number of carbonyl (C=O) groups is 1. The highest BCUT2D eigenvalue weighted by atomic mass is 16.1. The quantitative estimate of drug-likeness (QED) is 0.681. The minimum atomic E-state index is -0.241. The lowest BCUT2D eigenvalue weighted by Gasteiger charge is -2.45. The zero-order chi connectivity index (χ0) is 20.7. The molecule has 2 bridgehead atoms. The van der Waals surface area contributed by atoms with Crippen molar-refractivity contribution in [3.05, 3.63) is 40.3 Å². The molecule has 5 rings (SSSR count). The third-order valence-electron chi connectivity index (χ3n) is 7.75. The molecule has 5 heteroatoms. The first-order chi connectivity index (χ1) is 14.6. The molecule has 160 valence electrons. The summed E-state index contributed by atoms with van der Waals surface area (Å²) >= 11 is 0. The lowest BCUT2D eigenvalue weighted by molar-refractivity contribution is 0.0497. The van der Waals surface area contributed by atoms with Gasteiger partial charge in [-0.1, -0.05) is 44.2 Å². The molecule has 0 N–H and O–H groups in total. The number of carbonyl (C=O) groups excluding carboxylic acids is 1. The molecular weight excluding hydrogens is 374 g/mol. The number of para-hydroxylation sites is 2. The van der Waals surface area contributed by atoms with Crippen molar-refractivity contribution in [3.8, 4) is 0 Å². The molecule has 1 aromatic heterocycles. The zero-order valence-corrected chi connectivity index (χ0v) is 18.1. The van der Waals surface area contributed by atoms with Crippen LogP contribution in [-0.2, 0) is 0 Å². The molecule has 1 aromatic carbocycles. The van der Waals surface area contributed by atoms with Gasteiger partial charge in [-0.3, -0.25) is 14.5 Å². The van der Waals surface area contributed by atoms with Crippen LogP contribution in [0.3, 0.4) is 0 Å². The molecule has 0 spiro atoms. The van der Waals surface area contributed by atoms with Crippen LogP contribution >= 0.6 is 0 Å². The Bertz CT molecular complexity index is 976. The van der Waals surface area contributed by atoms with Crippen molar-refractivity contribution < 1.29 is 4.79 Å². The Balaban J connectivity index is 1.48. The summed E-state index contributed by atoms with van der Waals surface area (Å²) in [6.45, 7) is 1.45. The van der Waals surface area contributed by atoms with Gasteiger partial charge in [0.1, 0.15) is 0 Å². The van der Waals surface area contributed by atoms with Crippen LogP contribution in [0.5, 0.6) is 0 Å². The first-order valence-corrected chi connectivity index (χ1v) is 11.9. The van der Waals surface area contributed by atoms with Gasteiger partial charge in [-0.05, 0) is 50.7 Å². The predicted octanol–water partition coefficient (Wildman–Crippen LogP) is 4.88. The Morgan fingerprint density at radius 3 is 2.17 bits per heavy atom. The highest BCUT2D eigenvalue weighted by Crippen LogP contribution is 2.44. The van der Waals surface area contributed by atoms with Gasteiger partial charge in [-0.25, -0.2) is 4.98 Å². The van der Waals surface area contributed by atoms with E-state index in [2.05, 4.69) is 9.88 Å². The summed E-state index contributed by atoms with van der Waals surface area (Å²) in [6, 6.07) is 9.80. The maximum absolute atomic E-state index is 13.3. The normalized spacial score (nSPS) is 28.4. The van der Waals surface area contributed by atoms with Gasteiger partial charge < -0.3 is 4.57 Å². The average Bonchev–Trinajstić information content (AvgIpc) is 2.96. The van der Waals surface area contributed by atoms with Gasteiger partial charge in [0.25, 0.3) is 5.56 Å². The molecule has 3 heterocycles. The molecule has 2 aliphatic heterocycles. The molecule has 0 radical (unpaired) electrons. The second-order valence-electron chi connectivity index (χ2n) is 9.64. The fourth-order valence-corrected chi connectivity index (χ4v) is 6.47. The standard InChI is InChI=1S/C25H33N3O2/c1-17(29)24-25(30)28(23-12-8-7-11-22(23)26-24)21-15-19-13-14-20(16-21)27(19)18-9-5-3-2-4-6-10-18/h7-8,11-12,18-21H,2-6,9-10,13-16H2,1H3/t19-,20+,21?. The SMILES string of the molecule is CC(=O)c1nc2ccccc2n(C2C[C@H]3CC[C@@H](C2)N3C2CCCCCCC2)c1=O. The molecule has 30 heavy (non-hydrogen) atoms. The number of benzene rings is 1. The second kappa shape index (κ2) is 8.26. The van der Waals surface area contributed by atoms with Gasteiger partial charge in [0, 0.05) is 31.1 Å². The second-order valence-corrected chi connectivity index (χ2v) is 9.64. The third kappa shape index (κ3) is 3.51. The van der Waals surface area contributed by atoms with E-state index in [1.165, 1.54) is 64.7 Å². The van der Waals surface area contributed by atoms with Crippen molar-refractivity contribution in [1.82, 2.24) is 14.5 Å². The molecule has 3 fully saturated rings. The summed E-state index contributed by atoms with van der Waals surface area (Å²) in [4.78, 5) is 32.7. The smallest absolute Gasteiger partial charge is 0.280 e. The Kier molecular flexibility index (Phi) is 5.48. The monoisotopic (exact) mass is 407 g/mol. The van der Waals surface area contributed by atoms with Gasteiger partial charge in [0.15, 0.2) is 11.5 Å². The molecule has 5 nitrogen and oxygen atoms in total. The number of piperidine rings is 1. The summed E-state index contributed by atoms with van der Waals surface area (Å²) in [5.41, 5.74) is 1.50. The molecular formula is C25H33N3O2. The van der Waals surface area contributed by atoms with E-state index in [1.54, 1.807) is 0 Å². The maximum Gasteiger partial charge on any atom is 0.280 e. The number of nitrogens with zero attached hydrogens (tertiary/aromatic N) is 3. The number of hydrogen-bond acceptors (Lipinski definition) is 4. The molecule has 3 aliphatic rings. The van der Waals surface area contributed by atoms with E-state index in [9.17, 15) is 9.59 Å². The van der Waals surface area contributed by atoms with Crippen LogP contribution in [0.25, 0.3) is 11.0 Å². The maximum atomic E-state index is 13.3. The predicted molar refractivity (Wildman–Crippen MR) is 119 cm³/mol. The summed E-state index contributed by atoms with van der Waals surface area (Å²) < 4.78 is 1.92. The van der Waals surface area contributed by atoms with Crippen LogP contribution < -0.4 is 5.56 Å². The van der Waals surface area contributed by atoms with E-state index in [0.29, 0.717) is 12.1 Å². The Morgan fingerprint density at radius 2 is 1.50 bits per heavy atom. The highest BCUT2D eigenvalue weighted by Gasteiger charge is 2.44. The van der Waals surface area contributed by atoms with Crippen molar-refractivity contribution in [2.24, 2.45) is 0 Å². The molecule has 2 saturated heterocycles. The summed E-state index contributed by atoms with van der Waals surface area (Å²) in [5.74, 6) is -0.241. The summed E-state index contributed by atoms with van der Waals surface area (Å²) in [6.07, 6.45) is 14.1. The van der Waals surface area contributed by atoms with Gasteiger partial charge in [-0.2, -0.15) is 0 Å². The van der Waals surface area contributed by atoms with E-state index in [4.69, 9.17) is 0 Å². The average molecular weight is 408 g/mol. The van der Waals surface area contributed by atoms with Crippen LogP contribution in [0.15, 0.2) is 29.1 Å². The van der Waals surface area contributed by atoms with Crippen LogP contribution in [0, 0.1) is 0 Å². The number of fused-ring (bicyclic) bond motifs is 3. The van der Waals surface area contributed by atoms with E-state index >= 15 is 0 Å². The van der Waals surface area contributed by atoms with Crippen molar-refractivity contribution in [2.45, 2.75) is 102 Å². The van der Waals surface area contributed by atoms with Crippen LogP contribution in [-0.4, -0.2) is 38.4 Å². The topological polar surface area (TPSA) is 55.2 Å². The minimum Gasteiger partial charge on any atom is -0.302 e. The molecule has 1 unspecified atom stereocenters.